The molecule has 0 fully saturated rings. The van der Waals surface area contributed by atoms with Gasteiger partial charge in [0.1, 0.15) is 0 Å². The first kappa shape index (κ1) is 11.1. The Labute approximate surface area is 73.7 Å². The topological polar surface area (TPSA) is 76.4 Å². The molecule has 0 radical (unpaired) electrons. The van der Waals surface area contributed by atoms with Crippen molar-refractivity contribution in [1.82, 2.24) is 5.43 Å². The first-order valence-corrected chi connectivity index (χ1v) is 4.06. The molecule has 0 saturated heterocycles. The molecule has 4 nitrogen and oxygen atoms in total. The molecule has 0 amide bonds. The van der Waals surface area contributed by atoms with Crippen molar-refractivity contribution < 1.29 is 0 Å². The van der Waals surface area contributed by atoms with Crippen LogP contribution in [-0.4, -0.2) is 12.8 Å². The minimum atomic E-state index is 0.471. The Morgan fingerprint density at radius 2 is 2.25 bits per heavy atom. The Bertz CT molecular complexity index is 160. The van der Waals surface area contributed by atoms with Gasteiger partial charge in [0.15, 0.2) is 0 Å². The lowest BCUT2D eigenvalue weighted by molar-refractivity contribution is 0.690. The van der Waals surface area contributed by atoms with E-state index in [1.807, 2.05) is 6.21 Å². The number of hydrogen-bond acceptors (Lipinski definition) is 4. The molecule has 0 aromatic carbocycles. The summed E-state index contributed by atoms with van der Waals surface area (Å²) in [6.45, 7) is 4.75. The van der Waals surface area contributed by atoms with Crippen LogP contribution in [0.15, 0.2) is 16.9 Å². The van der Waals surface area contributed by atoms with Crippen molar-refractivity contribution >= 4 is 6.21 Å². The Kier molecular flexibility index (Phi) is 6.32. The van der Waals surface area contributed by atoms with Gasteiger partial charge >= 0.3 is 0 Å². The van der Waals surface area contributed by atoms with E-state index in [1.54, 1.807) is 6.20 Å². The fourth-order valence-electron chi connectivity index (χ4n) is 0.584. The second kappa shape index (κ2) is 6.82. The lowest BCUT2D eigenvalue weighted by atomic mass is 10.2. The Balaban J connectivity index is 3.63. The zero-order chi connectivity index (χ0) is 9.40. The van der Waals surface area contributed by atoms with Crippen molar-refractivity contribution in [3.8, 4) is 0 Å². The third-order valence-electron chi connectivity index (χ3n) is 1.23. The summed E-state index contributed by atoms with van der Waals surface area (Å²) in [5.41, 5.74) is 8.59. The van der Waals surface area contributed by atoms with Crippen LogP contribution in [-0.2, 0) is 0 Å². The van der Waals surface area contributed by atoms with Crippen LogP contribution in [0.25, 0.3) is 0 Å². The maximum Gasteiger partial charge on any atom is 0.0510 e. The summed E-state index contributed by atoms with van der Waals surface area (Å²) in [6, 6.07) is 0. The van der Waals surface area contributed by atoms with Gasteiger partial charge in [-0.15, -0.1) is 0 Å². The zero-order valence-corrected chi connectivity index (χ0v) is 7.75. The van der Waals surface area contributed by atoms with Gasteiger partial charge in [0.2, 0.25) is 0 Å². The minimum absolute atomic E-state index is 0.471. The molecule has 0 aliphatic heterocycles. The molecule has 0 aliphatic rings. The van der Waals surface area contributed by atoms with Crippen molar-refractivity contribution in [3.63, 3.8) is 0 Å². The molecule has 0 heterocycles. The van der Waals surface area contributed by atoms with Gasteiger partial charge in [0, 0.05) is 18.1 Å². The van der Waals surface area contributed by atoms with Crippen LogP contribution >= 0.6 is 0 Å². The second-order valence-corrected chi connectivity index (χ2v) is 3.05. The summed E-state index contributed by atoms with van der Waals surface area (Å²) >= 11 is 0. The van der Waals surface area contributed by atoms with E-state index in [0.29, 0.717) is 18.2 Å². The SMILES string of the molecule is CC(C)CC=N/C=C(\N)CNN. The lowest BCUT2D eigenvalue weighted by Crippen LogP contribution is -2.26. The Morgan fingerprint density at radius 1 is 1.58 bits per heavy atom. The lowest BCUT2D eigenvalue weighted by Gasteiger charge is -1.97. The number of hydrogen-bond donors (Lipinski definition) is 3. The Morgan fingerprint density at radius 3 is 2.75 bits per heavy atom. The normalized spacial score (nSPS) is 13.2. The van der Waals surface area contributed by atoms with Crippen LogP contribution in [0.5, 0.6) is 0 Å². The van der Waals surface area contributed by atoms with Gasteiger partial charge in [0.25, 0.3) is 0 Å². The summed E-state index contributed by atoms with van der Waals surface area (Å²) in [5, 5.41) is 0. The van der Waals surface area contributed by atoms with E-state index in [0.717, 1.165) is 6.42 Å². The van der Waals surface area contributed by atoms with Crippen molar-refractivity contribution in [2.75, 3.05) is 6.54 Å². The van der Waals surface area contributed by atoms with Gasteiger partial charge in [0.05, 0.1) is 6.54 Å². The van der Waals surface area contributed by atoms with Crippen LogP contribution in [0.2, 0.25) is 0 Å². The van der Waals surface area contributed by atoms with Crippen LogP contribution < -0.4 is 17.0 Å². The molecule has 12 heavy (non-hydrogen) atoms. The molecule has 0 aromatic rings. The van der Waals surface area contributed by atoms with E-state index in [9.17, 15) is 0 Å². The van der Waals surface area contributed by atoms with Crippen LogP contribution in [0, 0.1) is 5.92 Å². The van der Waals surface area contributed by atoms with E-state index in [-0.39, 0.29) is 0 Å². The number of nitrogens with two attached hydrogens (primary N) is 2. The molecule has 0 aliphatic carbocycles. The average molecular weight is 170 g/mol. The number of hydrazine groups is 1. The molecular weight excluding hydrogens is 152 g/mol. The molecule has 0 rings (SSSR count). The monoisotopic (exact) mass is 170 g/mol. The summed E-state index contributed by atoms with van der Waals surface area (Å²) in [7, 11) is 0. The van der Waals surface area contributed by atoms with Crippen LogP contribution in [0.4, 0.5) is 0 Å². The quantitative estimate of drug-likeness (QED) is 0.317. The van der Waals surface area contributed by atoms with E-state index in [2.05, 4.69) is 24.3 Å². The standard InChI is InChI=1S/C8H18N4/c1-7(2)3-4-11-5-8(9)6-12-10/h4-5,7,12H,3,6,9-10H2,1-2H3/b8-5-,11-4?. The maximum absolute atomic E-state index is 5.51. The predicted octanol–water partition coefficient (Wildman–Crippen LogP) is 0.367. The third-order valence-corrected chi connectivity index (χ3v) is 1.23. The highest BCUT2D eigenvalue weighted by Gasteiger charge is 1.87. The van der Waals surface area contributed by atoms with E-state index >= 15 is 0 Å². The van der Waals surface area contributed by atoms with Gasteiger partial charge in [-0.25, -0.2) is 0 Å². The Hall–Kier alpha value is -0.870. The first-order valence-electron chi connectivity index (χ1n) is 4.06. The molecule has 0 atom stereocenters. The third kappa shape index (κ3) is 7.24. The first-order chi connectivity index (χ1) is 5.66. The summed E-state index contributed by atoms with van der Waals surface area (Å²) in [4.78, 5) is 4.02. The molecule has 0 saturated carbocycles. The van der Waals surface area contributed by atoms with Gasteiger partial charge in [-0.2, -0.15) is 0 Å². The van der Waals surface area contributed by atoms with Crippen molar-refractivity contribution in [2.45, 2.75) is 20.3 Å². The molecule has 5 N–H and O–H groups in total. The molecule has 0 aromatic heterocycles. The van der Waals surface area contributed by atoms with Crippen LogP contribution in [0.3, 0.4) is 0 Å². The van der Waals surface area contributed by atoms with E-state index in [4.69, 9.17) is 11.6 Å². The second-order valence-electron chi connectivity index (χ2n) is 3.05. The number of rotatable bonds is 5. The number of nitrogens with zero attached hydrogens (tertiary/aromatic N) is 1. The van der Waals surface area contributed by atoms with E-state index < -0.39 is 0 Å². The number of nitrogens with one attached hydrogen (secondary N) is 1. The highest BCUT2D eigenvalue weighted by atomic mass is 15.2. The molecule has 4 heteroatoms. The number of aliphatic imine (C=N–C) groups is 1. The summed E-state index contributed by atoms with van der Waals surface area (Å²) in [5.74, 6) is 5.69. The average Bonchev–Trinajstić information content (AvgIpc) is 1.98. The summed E-state index contributed by atoms with van der Waals surface area (Å²) < 4.78 is 0. The minimum Gasteiger partial charge on any atom is -0.400 e. The highest BCUT2D eigenvalue weighted by molar-refractivity contribution is 5.58. The maximum atomic E-state index is 5.51. The van der Waals surface area contributed by atoms with Crippen molar-refractivity contribution in [2.24, 2.45) is 22.5 Å². The largest absolute Gasteiger partial charge is 0.400 e. The highest BCUT2D eigenvalue weighted by Crippen LogP contribution is 1.95. The molecule has 70 valence electrons. The molecule has 0 bridgehead atoms. The zero-order valence-electron chi connectivity index (χ0n) is 7.75. The van der Waals surface area contributed by atoms with Gasteiger partial charge in [-0.1, -0.05) is 13.8 Å². The molecular formula is C8H18N4. The van der Waals surface area contributed by atoms with Gasteiger partial charge in [-0.05, 0) is 12.3 Å². The van der Waals surface area contributed by atoms with Gasteiger partial charge in [-0.3, -0.25) is 16.3 Å². The van der Waals surface area contributed by atoms with Crippen molar-refractivity contribution in [3.05, 3.63) is 11.9 Å². The van der Waals surface area contributed by atoms with Crippen molar-refractivity contribution in [1.29, 1.82) is 0 Å². The smallest absolute Gasteiger partial charge is 0.0510 e. The van der Waals surface area contributed by atoms with Crippen LogP contribution in [0.1, 0.15) is 20.3 Å². The fraction of sp³-hybridized carbons (Fsp3) is 0.625. The fourth-order valence-corrected chi connectivity index (χ4v) is 0.584. The predicted molar refractivity (Wildman–Crippen MR) is 52.4 cm³/mol. The van der Waals surface area contributed by atoms with Gasteiger partial charge < -0.3 is 5.73 Å². The van der Waals surface area contributed by atoms with E-state index in [1.165, 1.54) is 0 Å². The summed E-state index contributed by atoms with van der Waals surface area (Å²) in [6.07, 6.45) is 4.44. The molecule has 0 spiro atoms. The molecule has 0 unspecified atom stereocenters.